The van der Waals surface area contributed by atoms with Gasteiger partial charge < -0.3 is 15.5 Å². The lowest BCUT2D eigenvalue weighted by molar-refractivity contribution is 0.0946. The number of halogens is 1. The second kappa shape index (κ2) is 9.62. The second-order valence-corrected chi connectivity index (χ2v) is 6.12. The predicted octanol–water partition coefficient (Wildman–Crippen LogP) is 1.48. The van der Waals surface area contributed by atoms with Gasteiger partial charge in [0.25, 0.3) is 11.8 Å². The highest BCUT2D eigenvalue weighted by Crippen LogP contribution is 2.04. The van der Waals surface area contributed by atoms with Crippen molar-refractivity contribution in [1.82, 2.24) is 20.5 Å². The molecule has 0 fully saturated rings. The Morgan fingerprint density at radius 2 is 1.73 bits per heavy atom. The Balaban J connectivity index is 1.86. The zero-order chi connectivity index (χ0) is 18.9. The Kier molecular flexibility index (Phi) is 7.23. The van der Waals surface area contributed by atoms with Crippen LogP contribution in [0.3, 0.4) is 0 Å². The highest BCUT2D eigenvalue weighted by atomic mass is 19.1. The van der Waals surface area contributed by atoms with Gasteiger partial charge in [0.1, 0.15) is 11.5 Å². The minimum atomic E-state index is -0.312. The van der Waals surface area contributed by atoms with Crippen molar-refractivity contribution in [2.75, 3.05) is 33.7 Å². The summed E-state index contributed by atoms with van der Waals surface area (Å²) in [4.78, 5) is 30.3. The molecule has 0 aliphatic carbocycles. The van der Waals surface area contributed by atoms with Crippen LogP contribution in [0.4, 0.5) is 4.39 Å². The van der Waals surface area contributed by atoms with Gasteiger partial charge in [-0.2, -0.15) is 0 Å². The number of carbonyl (C=O) groups excluding carboxylic acids is 2. The number of nitrogens with zero attached hydrogens (tertiary/aromatic N) is 2. The van der Waals surface area contributed by atoms with E-state index in [0.717, 1.165) is 12.1 Å². The van der Waals surface area contributed by atoms with Crippen LogP contribution in [0.1, 0.15) is 26.4 Å². The summed E-state index contributed by atoms with van der Waals surface area (Å²) < 4.78 is 12.9. The number of hydrogen-bond donors (Lipinski definition) is 2. The fraction of sp³-hybridized carbons (Fsp3) is 0.316. The van der Waals surface area contributed by atoms with Crippen molar-refractivity contribution in [3.05, 3.63) is 65.2 Å². The molecule has 6 nitrogen and oxygen atoms in total. The van der Waals surface area contributed by atoms with Crippen LogP contribution in [0.25, 0.3) is 0 Å². The van der Waals surface area contributed by atoms with E-state index in [2.05, 4.69) is 15.6 Å². The third-order valence-electron chi connectivity index (χ3n) is 3.71. The monoisotopic (exact) mass is 358 g/mol. The van der Waals surface area contributed by atoms with Gasteiger partial charge in [0.05, 0.1) is 0 Å². The SMILES string of the molecule is CN(C)CCNC(=O)c1cc(C(=O)NCCc2ccc(F)cc2)ccn1. The quantitative estimate of drug-likeness (QED) is 0.750. The molecule has 0 radical (unpaired) electrons. The smallest absolute Gasteiger partial charge is 0.269 e. The number of nitrogens with one attached hydrogen (secondary N) is 2. The number of benzene rings is 1. The van der Waals surface area contributed by atoms with Crippen LogP contribution in [-0.2, 0) is 6.42 Å². The van der Waals surface area contributed by atoms with Crippen LogP contribution in [-0.4, -0.2) is 55.4 Å². The molecule has 2 rings (SSSR count). The molecule has 7 heteroatoms. The lowest BCUT2D eigenvalue weighted by Crippen LogP contribution is -2.32. The fourth-order valence-corrected chi connectivity index (χ4v) is 2.25. The van der Waals surface area contributed by atoms with E-state index >= 15 is 0 Å². The number of hydrogen-bond acceptors (Lipinski definition) is 4. The summed E-state index contributed by atoms with van der Waals surface area (Å²) in [6.07, 6.45) is 2.03. The van der Waals surface area contributed by atoms with Gasteiger partial charge in [-0.25, -0.2) is 4.39 Å². The fourth-order valence-electron chi connectivity index (χ4n) is 2.25. The number of aromatic nitrogens is 1. The van der Waals surface area contributed by atoms with E-state index in [4.69, 9.17) is 0 Å². The zero-order valence-corrected chi connectivity index (χ0v) is 15.0. The Morgan fingerprint density at radius 1 is 1.04 bits per heavy atom. The summed E-state index contributed by atoms with van der Waals surface area (Å²) in [5, 5.41) is 5.55. The molecule has 0 aliphatic heterocycles. The first-order valence-electron chi connectivity index (χ1n) is 8.37. The largest absolute Gasteiger partial charge is 0.352 e. The summed E-state index contributed by atoms with van der Waals surface area (Å²) in [5.41, 5.74) is 1.51. The molecule has 138 valence electrons. The van der Waals surface area contributed by atoms with E-state index in [1.54, 1.807) is 18.2 Å². The van der Waals surface area contributed by atoms with Gasteiger partial charge in [-0.1, -0.05) is 12.1 Å². The topological polar surface area (TPSA) is 74.3 Å². The molecule has 0 atom stereocenters. The molecule has 26 heavy (non-hydrogen) atoms. The number of pyridine rings is 1. The average molecular weight is 358 g/mol. The summed E-state index contributed by atoms with van der Waals surface area (Å²) in [5.74, 6) is -0.879. The number of amides is 2. The predicted molar refractivity (Wildman–Crippen MR) is 97.6 cm³/mol. The first-order chi connectivity index (χ1) is 12.5. The van der Waals surface area contributed by atoms with Crippen LogP contribution < -0.4 is 10.6 Å². The van der Waals surface area contributed by atoms with E-state index in [-0.39, 0.29) is 23.3 Å². The molecule has 0 spiro atoms. The molecular formula is C19H23FN4O2. The van der Waals surface area contributed by atoms with Crippen molar-refractivity contribution in [3.63, 3.8) is 0 Å². The minimum absolute atomic E-state index is 0.204. The maximum absolute atomic E-state index is 12.9. The standard InChI is InChI=1S/C19H23FN4O2/c1-24(2)12-11-23-19(26)17-13-15(8-10-21-17)18(25)22-9-7-14-3-5-16(20)6-4-14/h3-6,8,10,13H,7,9,11-12H2,1-2H3,(H,22,25)(H,23,26). The van der Waals surface area contributed by atoms with E-state index in [1.165, 1.54) is 24.4 Å². The lowest BCUT2D eigenvalue weighted by atomic mass is 10.1. The Hall–Kier alpha value is -2.80. The van der Waals surface area contributed by atoms with E-state index < -0.39 is 0 Å². The van der Waals surface area contributed by atoms with Crippen molar-refractivity contribution in [3.8, 4) is 0 Å². The summed E-state index contributed by atoms with van der Waals surface area (Å²) in [6.45, 7) is 1.63. The number of likely N-dealkylation sites (N-methyl/N-ethyl adjacent to an activating group) is 1. The molecule has 0 saturated carbocycles. The van der Waals surface area contributed by atoms with E-state index in [0.29, 0.717) is 25.1 Å². The van der Waals surface area contributed by atoms with Crippen LogP contribution in [0.15, 0.2) is 42.6 Å². The first-order valence-corrected chi connectivity index (χ1v) is 8.37. The van der Waals surface area contributed by atoms with Gasteiger partial charge in [-0.15, -0.1) is 0 Å². The third-order valence-corrected chi connectivity index (χ3v) is 3.71. The van der Waals surface area contributed by atoms with Gasteiger partial charge in [-0.05, 0) is 50.3 Å². The molecule has 0 aliphatic rings. The molecule has 0 saturated heterocycles. The summed E-state index contributed by atoms with van der Waals surface area (Å²) in [6, 6.07) is 9.18. The van der Waals surface area contributed by atoms with Gasteiger partial charge in [0, 0.05) is 31.4 Å². The minimum Gasteiger partial charge on any atom is -0.352 e. The number of rotatable bonds is 8. The average Bonchev–Trinajstić information content (AvgIpc) is 2.63. The number of carbonyl (C=O) groups is 2. The lowest BCUT2D eigenvalue weighted by Gasteiger charge is -2.10. The second-order valence-electron chi connectivity index (χ2n) is 6.12. The summed E-state index contributed by atoms with van der Waals surface area (Å²) in [7, 11) is 3.84. The van der Waals surface area contributed by atoms with Crippen molar-refractivity contribution < 1.29 is 14.0 Å². The molecule has 2 aromatic rings. The first kappa shape index (κ1) is 19.5. The van der Waals surface area contributed by atoms with E-state index in [9.17, 15) is 14.0 Å². The van der Waals surface area contributed by atoms with Crippen molar-refractivity contribution in [2.45, 2.75) is 6.42 Å². The molecule has 1 aromatic carbocycles. The normalized spacial score (nSPS) is 10.6. The van der Waals surface area contributed by atoms with Gasteiger partial charge in [0.15, 0.2) is 0 Å². The molecule has 1 heterocycles. The van der Waals surface area contributed by atoms with Gasteiger partial charge in [-0.3, -0.25) is 14.6 Å². The highest BCUT2D eigenvalue weighted by Gasteiger charge is 2.11. The Morgan fingerprint density at radius 3 is 2.42 bits per heavy atom. The Bertz CT molecular complexity index is 747. The van der Waals surface area contributed by atoms with Crippen LogP contribution in [0.2, 0.25) is 0 Å². The maximum atomic E-state index is 12.9. The molecule has 0 bridgehead atoms. The Labute approximate surface area is 152 Å². The van der Waals surface area contributed by atoms with Crippen LogP contribution >= 0.6 is 0 Å². The summed E-state index contributed by atoms with van der Waals surface area (Å²) >= 11 is 0. The van der Waals surface area contributed by atoms with Crippen molar-refractivity contribution in [2.24, 2.45) is 0 Å². The maximum Gasteiger partial charge on any atom is 0.269 e. The molecule has 1 aromatic heterocycles. The third kappa shape index (κ3) is 6.25. The van der Waals surface area contributed by atoms with Crippen LogP contribution in [0.5, 0.6) is 0 Å². The van der Waals surface area contributed by atoms with Crippen molar-refractivity contribution in [1.29, 1.82) is 0 Å². The molecule has 0 unspecified atom stereocenters. The zero-order valence-electron chi connectivity index (χ0n) is 15.0. The van der Waals surface area contributed by atoms with Gasteiger partial charge >= 0.3 is 0 Å². The highest BCUT2D eigenvalue weighted by molar-refractivity contribution is 5.98. The molecule has 2 N–H and O–H groups in total. The molecule has 2 amide bonds. The molecular weight excluding hydrogens is 335 g/mol. The van der Waals surface area contributed by atoms with E-state index in [1.807, 2.05) is 19.0 Å². The van der Waals surface area contributed by atoms with Gasteiger partial charge in [0.2, 0.25) is 0 Å². The van der Waals surface area contributed by atoms with Crippen LogP contribution in [0, 0.1) is 5.82 Å². The van der Waals surface area contributed by atoms with Crippen molar-refractivity contribution >= 4 is 11.8 Å².